The van der Waals surface area contributed by atoms with Gasteiger partial charge in [0.05, 0.1) is 7.11 Å². The van der Waals surface area contributed by atoms with Crippen LogP contribution in [0.1, 0.15) is 44.6 Å². The van der Waals surface area contributed by atoms with Crippen LogP contribution in [0.5, 0.6) is 5.75 Å². The number of methoxy groups -OCH3 is 1. The van der Waals surface area contributed by atoms with Crippen LogP contribution >= 0.6 is 11.6 Å². The highest BCUT2D eigenvalue weighted by molar-refractivity contribution is 6.30. The molecule has 3 rings (SSSR count). The van der Waals surface area contributed by atoms with Gasteiger partial charge in [0, 0.05) is 28.6 Å². The van der Waals surface area contributed by atoms with Crippen molar-refractivity contribution in [1.29, 1.82) is 0 Å². The van der Waals surface area contributed by atoms with Crippen molar-refractivity contribution in [3.05, 3.63) is 28.8 Å². The molecule has 1 N–H and O–H groups in total. The molecule has 20 heavy (non-hydrogen) atoms. The fourth-order valence-electron chi connectivity index (χ4n) is 3.52. The molecular weight excluding hydrogens is 270 g/mol. The van der Waals surface area contributed by atoms with Crippen LogP contribution in [0.3, 0.4) is 0 Å². The van der Waals surface area contributed by atoms with Gasteiger partial charge in [-0.15, -0.1) is 0 Å². The first kappa shape index (κ1) is 14.2. The van der Waals surface area contributed by atoms with E-state index >= 15 is 0 Å². The van der Waals surface area contributed by atoms with Crippen molar-refractivity contribution in [2.24, 2.45) is 5.92 Å². The third-order valence-electron chi connectivity index (χ3n) is 4.98. The predicted molar refractivity (Wildman–Crippen MR) is 83.7 cm³/mol. The molecule has 0 aliphatic heterocycles. The van der Waals surface area contributed by atoms with Crippen molar-refractivity contribution >= 4 is 11.6 Å². The van der Waals surface area contributed by atoms with E-state index in [-0.39, 0.29) is 5.41 Å². The number of ether oxygens (including phenoxy) is 1. The third kappa shape index (κ3) is 2.68. The van der Waals surface area contributed by atoms with Gasteiger partial charge in [-0.1, -0.05) is 24.9 Å². The van der Waals surface area contributed by atoms with Gasteiger partial charge in [0.1, 0.15) is 5.75 Å². The van der Waals surface area contributed by atoms with Crippen LogP contribution in [-0.2, 0) is 5.41 Å². The van der Waals surface area contributed by atoms with Gasteiger partial charge in [-0.05, 0) is 49.8 Å². The fraction of sp³-hybridized carbons (Fsp3) is 0.647. The summed E-state index contributed by atoms with van der Waals surface area (Å²) < 4.78 is 5.59. The number of hydrogen-bond acceptors (Lipinski definition) is 2. The van der Waals surface area contributed by atoms with Crippen molar-refractivity contribution in [2.45, 2.75) is 50.5 Å². The van der Waals surface area contributed by atoms with Gasteiger partial charge < -0.3 is 10.1 Å². The number of hydrogen-bond donors (Lipinski definition) is 1. The Labute approximate surface area is 126 Å². The minimum atomic E-state index is 0.222. The number of benzene rings is 1. The fourth-order valence-corrected chi connectivity index (χ4v) is 3.69. The largest absolute Gasteiger partial charge is 0.496 e. The lowest BCUT2D eigenvalue weighted by molar-refractivity contribution is 0.130. The summed E-state index contributed by atoms with van der Waals surface area (Å²) in [6.07, 6.45) is 6.44. The maximum absolute atomic E-state index is 6.23. The Bertz CT molecular complexity index is 478. The highest BCUT2D eigenvalue weighted by atomic mass is 35.5. The Balaban J connectivity index is 1.86. The minimum absolute atomic E-state index is 0.222. The van der Waals surface area contributed by atoms with Crippen molar-refractivity contribution in [1.82, 2.24) is 5.32 Å². The van der Waals surface area contributed by atoms with Crippen molar-refractivity contribution in [3.63, 3.8) is 0 Å². The van der Waals surface area contributed by atoms with Crippen LogP contribution in [-0.4, -0.2) is 19.7 Å². The molecule has 2 aliphatic carbocycles. The van der Waals surface area contributed by atoms with Crippen LogP contribution in [0.15, 0.2) is 18.2 Å². The average Bonchev–Trinajstić information content (AvgIpc) is 3.22. The predicted octanol–water partition coefficient (Wildman–Crippen LogP) is 4.16. The zero-order chi connectivity index (χ0) is 14.2. The summed E-state index contributed by atoms with van der Waals surface area (Å²) in [4.78, 5) is 0. The summed E-state index contributed by atoms with van der Waals surface area (Å²) in [7, 11) is 1.75. The minimum Gasteiger partial charge on any atom is -0.496 e. The van der Waals surface area contributed by atoms with Gasteiger partial charge in [0.15, 0.2) is 0 Å². The first-order valence-corrected chi connectivity index (χ1v) is 8.12. The van der Waals surface area contributed by atoms with E-state index in [0.717, 1.165) is 29.3 Å². The quantitative estimate of drug-likeness (QED) is 0.850. The summed E-state index contributed by atoms with van der Waals surface area (Å²) in [5, 5.41) is 4.53. The highest BCUT2D eigenvalue weighted by Crippen LogP contribution is 2.52. The Morgan fingerprint density at radius 1 is 1.35 bits per heavy atom. The van der Waals surface area contributed by atoms with Gasteiger partial charge in [0.2, 0.25) is 0 Å². The molecule has 0 bridgehead atoms. The molecule has 2 saturated carbocycles. The summed E-state index contributed by atoms with van der Waals surface area (Å²) in [5.74, 6) is 1.83. The van der Waals surface area contributed by atoms with Gasteiger partial charge in [0.25, 0.3) is 0 Å². The summed E-state index contributed by atoms with van der Waals surface area (Å²) in [5.41, 5.74) is 1.52. The second-order valence-electron chi connectivity index (χ2n) is 6.46. The maximum Gasteiger partial charge on any atom is 0.122 e. The highest BCUT2D eigenvalue weighted by Gasteiger charge is 2.46. The first-order valence-electron chi connectivity index (χ1n) is 7.74. The van der Waals surface area contributed by atoms with Crippen LogP contribution in [0.4, 0.5) is 0 Å². The molecule has 0 spiro atoms. The number of rotatable bonds is 6. The van der Waals surface area contributed by atoms with E-state index in [1.165, 1.54) is 37.7 Å². The second-order valence-corrected chi connectivity index (χ2v) is 6.90. The van der Waals surface area contributed by atoms with Crippen LogP contribution in [0.25, 0.3) is 0 Å². The second kappa shape index (κ2) is 5.57. The lowest BCUT2D eigenvalue weighted by Gasteiger charge is -2.49. The Kier molecular flexibility index (Phi) is 3.96. The zero-order valence-corrected chi connectivity index (χ0v) is 13.2. The van der Waals surface area contributed by atoms with Crippen LogP contribution in [0, 0.1) is 5.92 Å². The Morgan fingerprint density at radius 2 is 2.10 bits per heavy atom. The van der Waals surface area contributed by atoms with Gasteiger partial charge in [-0.2, -0.15) is 0 Å². The van der Waals surface area contributed by atoms with Gasteiger partial charge in [-0.25, -0.2) is 0 Å². The Hall–Kier alpha value is -0.730. The third-order valence-corrected chi connectivity index (χ3v) is 5.21. The SMILES string of the molecule is CCC1CC(CNC2CC2)(c2cc(Cl)ccc2OC)C1. The smallest absolute Gasteiger partial charge is 0.122 e. The van der Waals surface area contributed by atoms with E-state index in [0.29, 0.717) is 0 Å². The number of nitrogens with one attached hydrogen (secondary N) is 1. The van der Waals surface area contributed by atoms with E-state index in [1.54, 1.807) is 7.11 Å². The molecule has 0 saturated heterocycles. The molecule has 0 atom stereocenters. The molecule has 2 aliphatic rings. The molecule has 2 fully saturated rings. The number of halogens is 1. The van der Waals surface area contributed by atoms with Crippen molar-refractivity contribution in [2.75, 3.05) is 13.7 Å². The Morgan fingerprint density at radius 3 is 2.70 bits per heavy atom. The molecule has 1 aromatic rings. The summed E-state index contributed by atoms with van der Waals surface area (Å²) in [6, 6.07) is 6.79. The molecule has 3 heteroatoms. The summed E-state index contributed by atoms with van der Waals surface area (Å²) >= 11 is 6.23. The maximum atomic E-state index is 6.23. The normalized spacial score (nSPS) is 29.1. The van der Waals surface area contributed by atoms with Gasteiger partial charge in [-0.3, -0.25) is 0 Å². The molecule has 0 amide bonds. The average molecular weight is 294 g/mol. The lowest BCUT2D eigenvalue weighted by Crippen LogP contribution is -2.49. The van der Waals surface area contributed by atoms with E-state index in [4.69, 9.17) is 16.3 Å². The topological polar surface area (TPSA) is 21.3 Å². The molecule has 0 heterocycles. The van der Waals surface area contributed by atoms with E-state index in [1.807, 2.05) is 12.1 Å². The molecule has 110 valence electrons. The molecule has 0 unspecified atom stereocenters. The van der Waals surface area contributed by atoms with E-state index in [2.05, 4.69) is 18.3 Å². The monoisotopic (exact) mass is 293 g/mol. The standard InChI is InChI=1S/C17H24ClNO/c1-3-12-9-17(10-12,11-19-14-5-6-14)15-8-13(18)4-7-16(15)20-2/h4,7-8,12,14,19H,3,5-6,9-11H2,1-2H3. The van der Waals surface area contributed by atoms with E-state index < -0.39 is 0 Å². The van der Waals surface area contributed by atoms with Gasteiger partial charge >= 0.3 is 0 Å². The summed E-state index contributed by atoms with van der Waals surface area (Å²) in [6.45, 7) is 3.35. The molecule has 2 nitrogen and oxygen atoms in total. The molecule has 0 aromatic heterocycles. The molecular formula is C17H24ClNO. The van der Waals surface area contributed by atoms with Crippen molar-refractivity contribution in [3.8, 4) is 5.75 Å². The molecule has 1 aromatic carbocycles. The van der Waals surface area contributed by atoms with Crippen LogP contribution < -0.4 is 10.1 Å². The lowest BCUT2D eigenvalue weighted by atomic mass is 9.57. The van der Waals surface area contributed by atoms with Crippen molar-refractivity contribution < 1.29 is 4.74 Å². The zero-order valence-electron chi connectivity index (χ0n) is 12.4. The van der Waals surface area contributed by atoms with Crippen LogP contribution in [0.2, 0.25) is 5.02 Å². The van der Waals surface area contributed by atoms with E-state index in [9.17, 15) is 0 Å². The molecule has 0 radical (unpaired) electrons. The first-order chi connectivity index (χ1) is 9.66.